The van der Waals surface area contributed by atoms with Gasteiger partial charge in [-0.3, -0.25) is 14.7 Å². The van der Waals surface area contributed by atoms with Crippen molar-refractivity contribution in [2.75, 3.05) is 46.9 Å². The van der Waals surface area contributed by atoms with Crippen molar-refractivity contribution in [1.29, 1.82) is 0 Å². The fourth-order valence-electron chi connectivity index (χ4n) is 3.35. The van der Waals surface area contributed by atoms with Gasteiger partial charge in [0.25, 0.3) is 5.91 Å². The molecular formula is C21H30IN5O2S. The van der Waals surface area contributed by atoms with Gasteiger partial charge in [-0.05, 0) is 29.1 Å². The lowest BCUT2D eigenvalue weighted by Gasteiger charge is -2.34. The molecule has 0 aliphatic carbocycles. The summed E-state index contributed by atoms with van der Waals surface area (Å²) in [5.41, 5.74) is 1.68. The Morgan fingerprint density at radius 3 is 2.70 bits per heavy atom. The Hall–Kier alpha value is -1.69. The van der Waals surface area contributed by atoms with Gasteiger partial charge >= 0.3 is 0 Å². The largest absolute Gasteiger partial charge is 0.379 e. The van der Waals surface area contributed by atoms with Crippen LogP contribution in [0.1, 0.15) is 26.8 Å². The average Bonchev–Trinajstić information content (AvgIpc) is 3.31. The summed E-state index contributed by atoms with van der Waals surface area (Å²) in [6.45, 7) is 4.77. The number of halogens is 1. The normalized spacial score (nSPS) is 15.7. The van der Waals surface area contributed by atoms with E-state index < -0.39 is 0 Å². The number of nitrogens with one attached hydrogen (secondary N) is 3. The second-order valence-electron chi connectivity index (χ2n) is 6.77. The first-order valence-corrected chi connectivity index (χ1v) is 10.7. The monoisotopic (exact) mass is 543 g/mol. The van der Waals surface area contributed by atoms with E-state index in [0.29, 0.717) is 12.1 Å². The van der Waals surface area contributed by atoms with Crippen LogP contribution in [-0.4, -0.2) is 63.7 Å². The van der Waals surface area contributed by atoms with Gasteiger partial charge in [0.2, 0.25) is 0 Å². The number of nitrogens with zero attached hydrogens (tertiary/aromatic N) is 2. The number of guanidine groups is 1. The second-order valence-corrected chi connectivity index (χ2v) is 7.75. The summed E-state index contributed by atoms with van der Waals surface area (Å²) in [5.74, 6) is 0.656. The summed E-state index contributed by atoms with van der Waals surface area (Å²) in [6.07, 6.45) is 0. The molecule has 3 rings (SSSR count). The van der Waals surface area contributed by atoms with Crippen molar-refractivity contribution in [3.8, 4) is 0 Å². The molecule has 3 N–H and O–H groups in total. The molecule has 1 aliphatic heterocycles. The molecule has 1 atom stereocenters. The summed E-state index contributed by atoms with van der Waals surface area (Å²) in [5, 5.41) is 11.6. The molecule has 0 radical (unpaired) electrons. The molecule has 30 heavy (non-hydrogen) atoms. The quantitative estimate of drug-likeness (QED) is 0.284. The number of thiophene rings is 1. The highest BCUT2D eigenvalue weighted by Crippen LogP contribution is 2.25. The standard InChI is InChI=1S/C21H29N5O2S.HI/c1-22-20(27)17-6-3-5-16(13-17)14-24-21(23-2)25-15-18(19-7-4-12-29-19)26-8-10-28-11-9-26;/h3-7,12-13,18H,8-11,14-15H2,1-2H3,(H,22,27)(H2,23,24,25);1H. The fourth-order valence-corrected chi connectivity index (χ4v) is 4.21. The molecule has 1 aliphatic rings. The van der Waals surface area contributed by atoms with Gasteiger partial charge in [-0.2, -0.15) is 0 Å². The van der Waals surface area contributed by atoms with Gasteiger partial charge in [-0.15, -0.1) is 35.3 Å². The number of hydrogen-bond donors (Lipinski definition) is 3. The molecular weight excluding hydrogens is 513 g/mol. The number of amides is 1. The zero-order chi connectivity index (χ0) is 20.5. The molecule has 2 aromatic rings. The molecule has 0 saturated carbocycles. The molecule has 1 fully saturated rings. The van der Waals surface area contributed by atoms with Crippen LogP contribution in [0.15, 0.2) is 46.8 Å². The van der Waals surface area contributed by atoms with Crippen LogP contribution in [0.5, 0.6) is 0 Å². The Labute approximate surface area is 199 Å². The molecule has 9 heteroatoms. The van der Waals surface area contributed by atoms with Crippen molar-refractivity contribution in [1.82, 2.24) is 20.9 Å². The van der Waals surface area contributed by atoms with Crippen LogP contribution in [0.2, 0.25) is 0 Å². The highest BCUT2D eigenvalue weighted by molar-refractivity contribution is 14.0. The number of rotatable bonds is 7. The van der Waals surface area contributed by atoms with Crippen LogP contribution in [0.3, 0.4) is 0 Å². The molecule has 164 valence electrons. The average molecular weight is 543 g/mol. The van der Waals surface area contributed by atoms with Crippen LogP contribution in [-0.2, 0) is 11.3 Å². The number of hydrogen-bond acceptors (Lipinski definition) is 5. The van der Waals surface area contributed by atoms with Crippen LogP contribution in [0.4, 0.5) is 0 Å². The van der Waals surface area contributed by atoms with E-state index in [1.807, 2.05) is 24.3 Å². The highest BCUT2D eigenvalue weighted by Gasteiger charge is 2.23. The Balaban J connectivity index is 0.00000320. The lowest BCUT2D eigenvalue weighted by Crippen LogP contribution is -2.46. The van der Waals surface area contributed by atoms with Gasteiger partial charge < -0.3 is 20.7 Å². The van der Waals surface area contributed by atoms with Crippen LogP contribution < -0.4 is 16.0 Å². The van der Waals surface area contributed by atoms with E-state index in [4.69, 9.17) is 4.74 Å². The SMILES string of the molecule is CN=C(NCc1cccc(C(=O)NC)c1)NCC(c1cccs1)N1CCOCC1.I. The summed E-state index contributed by atoms with van der Waals surface area (Å²) < 4.78 is 5.51. The van der Waals surface area contributed by atoms with Gasteiger partial charge in [0, 0.05) is 50.7 Å². The first-order chi connectivity index (χ1) is 14.2. The number of benzene rings is 1. The van der Waals surface area contributed by atoms with Crippen molar-refractivity contribution < 1.29 is 9.53 Å². The lowest BCUT2D eigenvalue weighted by molar-refractivity contribution is 0.0177. The third-order valence-electron chi connectivity index (χ3n) is 4.92. The third-order valence-corrected chi connectivity index (χ3v) is 5.89. The van der Waals surface area contributed by atoms with Crippen molar-refractivity contribution in [2.45, 2.75) is 12.6 Å². The van der Waals surface area contributed by atoms with Gasteiger partial charge in [-0.25, -0.2) is 0 Å². The molecule has 0 spiro atoms. The first-order valence-electron chi connectivity index (χ1n) is 9.82. The minimum atomic E-state index is -0.0846. The predicted molar refractivity (Wildman–Crippen MR) is 133 cm³/mol. The molecule has 0 bridgehead atoms. The molecule has 1 saturated heterocycles. The number of morpholine rings is 1. The van der Waals surface area contributed by atoms with Crippen molar-refractivity contribution in [3.05, 3.63) is 57.8 Å². The van der Waals surface area contributed by atoms with Crippen LogP contribution in [0.25, 0.3) is 0 Å². The minimum Gasteiger partial charge on any atom is -0.379 e. The van der Waals surface area contributed by atoms with Crippen molar-refractivity contribution in [3.63, 3.8) is 0 Å². The zero-order valence-corrected chi connectivity index (χ0v) is 20.5. The van der Waals surface area contributed by atoms with Gasteiger partial charge in [-0.1, -0.05) is 18.2 Å². The Bertz CT molecular complexity index is 809. The smallest absolute Gasteiger partial charge is 0.251 e. The van der Waals surface area contributed by atoms with E-state index in [0.717, 1.165) is 44.4 Å². The van der Waals surface area contributed by atoms with Gasteiger partial charge in [0.1, 0.15) is 0 Å². The predicted octanol–water partition coefficient (Wildman–Crippen LogP) is 2.46. The Morgan fingerprint density at radius 2 is 2.03 bits per heavy atom. The topological polar surface area (TPSA) is 78.0 Å². The van der Waals surface area contributed by atoms with E-state index in [-0.39, 0.29) is 35.9 Å². The Morgan fingerprint density at radius 1 is 1.23 bits per heavy atom. The van der Waals surface area contributed by atoms with Crippen LogP contribution >= 0.6 is 35.3 Å². The Kier molecular flexibility index (Phi) is 10.6. The lowest BCUT2D eigenvalue weighted by atomic mass is 10.1. The summed E-state index contributed by atoms with van der Waals surface area (Å²) in [4.78, 5) is 20.0. The minimum absolute atomic E-state index is 0. The first kappa shape index (κ1) is 24.6. The van der Waals surface area contributed by atoms with E-state index in [9.17, 15) is 4.79 Å². The fraction of sp³-hybridized carbons (Fsp3) is 0.429. The number of aliphatic imine (C=N–C) groups is 1. The van der Waals surface area contributed by atoms with Crippen molar-refractivity contribution >= 4 is 47.2 Å². The maximum absolute atomic E-state index is 11.8. The zero-order valence-electron chi connectivity index (χ0n) is 17.4. The number of carbonyl (C=O) groups is 1. The van der Waals surface area contributed by atoms with Gasteiger partial charge in [0.05, 0.1) is 19.3 Å². The summed E-state index contributed by atoms with van der Waals surface area (Å²) >= 11 is 1.78. The van der Waals surface area contributed by atoms with Crippen molar-refractivity contribution in [2.24, 2.45) is 4.99 Å². The molecule has 1 amide bonds. The van der Waals surface area contributed by atoms with E-state index in [1.165, 1.54) is 4.88 Å². The van der Waals surface area contributed by atoms with E-state index in [1.54, 1.807) is 25.4 Å². The molecule has 1 aromatic heterocycles. The van der Waals surface area contributed by atoms with Gasteiger partial charge in [0.15, 0.2) is 5.96 Å². The second kappa shape index (κ2) is 12.9. The van der Waals surface area contributed by atoms with Crippen LogP contribution in [0, 0.1) is 0 Å². The molecule has 7 nitrogen and oxygen atoms in total. The van der Waals surface area contributed by atoms with E-state index in [2.05, 4.69) is 43.4 Å². The van der Waals surface area contributed by atoms with E-state index >= 15 is 0 Å². The molecule has 2 heterocycles. The third kappa shape index (κ3) is 6.93. The summed E-state index contributed by atoms with van der Waals surface area (Å²) in [6, 6.07) is 12.2. The maximum Gasteiger partial charge on any atom is 0.251 e. The maximum atomic E-state index is 11.8. The summed E-state index contributed by atoms with van der Waals surface area (Å²) in [7, 11) is 3.41. The number of ether oxygens (including phenoxy) is 1. The molecule has 1 unspecified atom stereocenters. The number of carbonyl (C=O) groups excluding carboxylic acids is 1. The highest BCUT2D eigenvalue weighted by atomic mass is 127. The molecule has 1 aromatic carbocycles.